The Bertz CT molecular complexity index is 1790. The van der Waals surface area contributed by atoms with E-state index in [-0.39, 0.29) is 22.4 Å². The molecule has 1 fully saturated rings. The summed E-state index contributed by atoms with van der Waals surface area (Å²) in [6, 6.07) is 14.6. The second kappa shape index (κ2) is 13.4. The van der Waals surface area contributed by atoms with E-state index in [1.54, 1.807) is 38.1 Å². The molecule has 0 bridgehead atoms. The quantitative estimate of drug-likeness (QED) is 0.159. The van der Waals surface area contributed by atoms with E-state index in [4.69, 9.17) is 4.74 Å². The SMILES string of the molecule is Cc1ccc(OCC(F)(F)F)c(N2C(=O)CSC2=NC(=O)NNC(C)c2ccc(-c3ncn(-c4ccc(C(F)(F)F)cc4)n3)cc2)c1. The van der Waals surface area contributed by atoms with Crippen LogP contribution in [0, 0.1) is 6.92 Å². The van der Waals surface area contributed by atoms with Crippen LogP contribution in [-0.2, 0) is 11.0 Å². The molecule has 10 nitrogen and oxygen atoms in total. The number of amides is 3. The van der Waals surface area contributed by atoms with E-state index in [2.05, 4.69) is 25.9 Å². The lowest BCUT2D eigenvalue weighted by Crippen LogP contribution is -2.39. The van der Waals surface area contributed by atoms with E-state index in [0.717, 1.165) is 34.4 Å². The number of carbonyl (C=O) groups is 2. The predicted octanol–water partition coefficient (Wildman–Crippen LogP) is 6.61. The van der Waals surface area contributed by atoms with E-state index in [0.29, 0.717) is 22.6 Å². The van der Waals surface area contributed by atoms with Gasteiger partial charge in [-0.15, -0.1) is 5.10 Å². The van der Waals surface area contributed by atoms with Crippen LogP contribution in [0.1, 0.15) is 29.7 Å². The van der Waals surface area contributed by atoms with Crippen LogP contribution in [0.25, 0.3) is 17.1 Å². The number of nitrogens with zero attached hydrogens (tertiary/aromatic N) is 5. The highest BCUT2D eigenvalue weighted by Crippen LogP contribution is 2.36. The number of aromatic nitrogens is 3. The Labute approximate surface area is 267 Å². The van der Waals surface area contributed by atoms with Gasteiger partial charge in [-0.3, -0.25) is 15.1 Å². The molecule has 1 aliphatic rings. The minimum absolute atomic E-state index is 0.0306. The van der Waals surface area contributed by atoms with Crippen molar-refractivity contribution < 1.29 is 40.7 Å². The lowest BCUT2D eigenvalue weighted by atomic mass is 10.1. The lowest BCUT2D eigenvalue weighted by molar-refractivity contribution is -0.153. The van der Waals surface area contributed by atoms with Gasteiger partial charge in [-0.25, -0.2) is 19.9 Å². The van der Waals surface area contributed by atoms with E-state index >= 15 is 0 Å². The Morgan fingerprint density at radius 2 is 1.74 bits per heavy atom. The van der Waals surface area contributed by atoms with Crippen LogP contribution in [-0.4, -0.2) is 50.4 Å². The first-order chi connectivity index (χ1) is 22.2. The molecule has 47 heavy (non-hydrogen) atoms. The van der Waals surface area contributed by atoms with Crippen molar-refractivity contribution in [3.05, 3.63) is 89.7 Å². The smallest absolute Gasteiger partial charge is 0.422 e. The van der Waals surface area contributed by atoms with Crippen LogP contribution in [0.3, 0.4) is 0 Å². The summed E-state index contributed by atoms with van der Waals surface area (Å²) in [6.07, 6.45) is -7.65. The second-order valence-electron chi connectivity index (χ2n) is 10.3. The van der Waals surface area contributed by atoms with E-state index in [1.165, 1.54) is 41.3 Å². The van der Waals surface area contributed by atoms with Gasteiger partial charge in [-0.1, -0.05) is 42.1 Å². The number of carbonyl (C=O) groups excluding carboxylic acids is 2. The number of alkyl halides is 6. The molecule has 0 radical (unpaired) electrons. The summed E-state index contributed by atoms with van der Waals surface area (Å²) < 4.78 is 83.2. The Morgan fingerprint density at radius 1 is 1.04 bits per heavy atom. The summed E-state index contributed by atoms with van der Waals surface area (Å²) in [7, 11) is 0. The summed E-state index contributed by atoms with van der Waals surface area (Å²) in [5.74, 6) is -0.403. The summed E-state index contributed by atoms with van der Waals surface area (Å²) in [5.41, 5.74) is 6.97. The molecule has 246 valence electrons. The molecule has 2 heterocycles. The maximum absolute atomic E-state index is 12.9. The number of urea groups is 1. The highest BCUT2D eigenvalue weighted by Gasteiger charge is 2.34. The molecule has 5 rings (SSSR count). The number of aryl methyl sites for hydroxylation is 1. The normalized spacial score (nSPS) is 15.3. The fraction of sp³-hybridized carbons (Fsp3) is 0.233. The number of halogens is 6. The van der Waals surface area contributed by atoms with Gasteiger partial charge in [0.05, 0.1) is 22.7 Å². The van der Waals surface area contributed by atoms with Crippen LogP contribution >= 0.6 is 11.8 Å². The molecule has 1 aromatic heterocycles. The third-order valence-electron chi connectivity index (χ3n) is 6.72. The van der Waals surface area contributed by atoms with E-state index < -0.39 is 42.5 Å². The topological polar surface area (TPSA) is 114 Å². The average Bonchev–Trinajstić information content (AvgIpc) is 3.65. The van der Waals surface area contributed by atoms with Gasteiger partial charge in [0.1, 0.15) is 12.1 Å². The molecule has 1 saturated heterocycles. The molecular formula is C30H25F6N7O3S. The Morgan fingerprint density at radius 3 is 2.40 bits per heavy atom. The van der Waals surface area contributed by atoms with Crippen LogP contribution in [0.2, 0.25) is 0 Å². The van der Waals surface area contributed by atoms with Crippen LogP contribution in [0.15, 0.2) is 78.0 Å². The number of benzene rings is 3. The number of ether oxygens (including phenoxy) is 1. The number of hydrazine groups is 1. The lowest BCUT2D eigenvalue weighted by Gasteiger charge is -2.21. The molecule has 3 aromatic carbocycles. The molecule has 1 aliphatic heterocycles. The summed E-state index contributed by atoms with van der Waals surface area (Å²) in [4.78, 5) is 34.6. The van der Waals surface area contributed by atoms with Crippen molar-refractivity contribution in [1.82, 2.24) is 25.6 Å². The summed E-state index contributed by atoms with van der Waals surface area (Å²) in [5, 5.41) is 4.31. The number of hydrogen-bond donors (Lipinski definition) is 2. The fourth-order valence-corrected chi connectivity index (χ4v) is 5.24. The Hall–Kier alpha value is -4.90. The van der Waals surface area contributed by atoms with E-state index in [1.807, 2.05) is 0 Å². The Balaban J connectivity index is 1.21. The van der Waals surface area contributed by atoms with E-state index in [9.17, 15) is 35.9 Å². The standard InChI is InChI=1S/C30H25F6N7O3S/c1-17-3-12-24(46-15-29(31,32)33)23(13-17)43-25(44)14-47-28(43)38-27(45)40-39-18(2)19-4-6-20(7-5-19)26-37-16-42(41-26)22-10-8-21(9-11-22)30(34,35)36/h3-13,16,18,39H,14-15H2,1-2H3,(H,40,45). The number of anilines is 1. The van der Waals surface area contributed by atoms with Gasteiger partial charge >= 0.3 is 18.4 Å². The van der Waals surface area contributed by atoms with Gasteiger partial charge in [0.15, 0.2) is 17.6 Å². The summed E-state index contributed by atoms with van der Waals surface area (Å²) in [6.45, 7) is 1.90. The van der Waals surface area contributed by atoms with Crippen molar-refractivity contribution in [1.29, 1.82) is 0 Å². The third kappa shape index (κ3) is 8.28. The van der Waals surface area contributed by atoms with Crippen molar-refractivity contribution in [3.8, 4) is 22.8 Å². The molecule has 0 aliphatic carbocycles. The van der Waals surface area contributed by atoms with Gasteiger partial charge in [-0.05, 0) is 61.4 Å². The van der Waals surface area contributed by atoms with Gasteiger partial charge in [0, 0.05) is 11.6 Å². The molecular weight excluding hydrogens is 652 g/mol. The number of amidine groups is 1. The third-order valence-corrected chi connectivity index (χ3v) is 7.65. The van der Waals surface area contributed by atoms with Gasteiger partial charge < -0.3 is 4.74 Å². The molecule has 17 heteroatoms. The maximum atomic E-state index is 12.9. The van der Waals surface area contributed by atoms with Crippen molar-refractivity contribution in [2.45, 2.75) is 32.2 Å². The molecule has 0 saturated carbocycles. The fourth-order valence-electron chi connectivity index (χ4n) is 4.38. The first-order valence-corrected chi connectivity index (χ1v) is 14.8. The van der Waals surface area contributed by atoms with Crippen LogP contribution < -0.4 is 20.5 Å². The second-order valence-corrected chi connectivity index (χ2v) is 11.2. The monoisotopic (exact) mass is 677 g/mol. The van der Waals surface area contributed by atoms with Crippen LogP contribution in [0.4, 0.5) is 36.8 Å². The van der Waals surface area contributed by atoms with Crippen molar-refractivity contribution in [3.63, 3.8) is 0 Å². The average molecular weight is 678 g/mol. The van der Waals surface area contributed by atoms with Gasteiger partial charge in [-0.2, -0.15) is 31.3 Å². The number of thioether (sulfide) groups is 1. The summed E-state index contributed by atoms with van der Waals surface area (Å²) >= 11 is 0.953. The van der Waals surface area contributed by atoms with Gasteiger partial charge in [0.25, 0.3) is 0 Å². The molecule has 1 unspecified atom stereocenters. The predicted molar refractivity (Wildman–Crippen MR) is 162 cm³/mol. The number of aliphatic imine (C=N–C) groups is 1. The zero-order valence-electron chi connectivity index (χ0n) is 24.6. The molecule has 1 atom stereocenters. The van der Waals surface area contributed by atoms with Crippen molar-refractivity contribution in [2.24, 2.45) is 4.99 Å². The highest BCUT2D eigenvalue weighted by molar-refractivity contribution is 8.15. The highest BCUT2D eigenvalue weighted by atomic mass is 32.2. The molecule has 0 spiro atoms. The number of hydrogen-bond acceptors (Lipinski definition) is 7. The maximum Gasteiger partial charge on any atom is 0.422 e. The zero-order chi connectivity index (χ0) is 33.9. The van der Waals surface area contributed by atoms with Crippen molar-refractivity contribution in [2.75, 3.05) is 17.3 Å². The largest absolute Gasteiger partial charge is 0.482 e. The first-order valence-electron chi connectivity index (χ1n) is 13.8. The zero-order valence-corrected chi connectivity index (χ0v) is 25.4. The molecule has 4 aromatic rings. The Kier molecular flexibility index (Phi) is 9.58. The number of nitrogens with one attached hydrogen (secondary N) is 2. The minimum atomic E-state index is -4.59. The molecule has 3 amide bonds. The minimum Gasteiger partial charge on any atom is -0.482 e. The number of rotatable bonds is 8. The van der Waals surface area contributed by atoms with Crippen LogP contribution in [0.5, 0.6) is 5.75 Å². The molecule has 2 N–H and O–H groups in total. The van der Waals surface area contributed by atoms with Gasteiger partial charge in [0.2, 0.25) is 5.91 Å². The van der Waals surface area contributed by atoms with Crippen molar-refractivity contribution >= 4 is 34.6 Å². The first kappa shape index (κ1) is 33.5.